The molecule has 2 aromatic carbocycles. The van der Waals surface area contributed by atoms with Crippen molar-refractivity contribution in [2.45, 2.75) is 43.8 Å². The highest BCUT2D eigenvalue weighted by molar-refractivity contribution is 5.93. The molecule has 0 bridgehead atoms. The van der Waals surface area contributed by atoms with E-state index in [2.05, 4.69) is 40.2 Å². The number of nitrogens with zero attached hydrogens (tertiary/aromatic N) is 3. The van der Waals surface area contributed by atoms with E-state index in [4.69, 9.17) is 14.2 Å². The molecule has 2 saturated heterocycles. The lowest BCUT2D eigenvalue weighted by Crippen LogP contribution is -2.48. The molecule has 1 saturated carbocycles. The Morgan fingerprint density at radius 2 is 1.73 bits per heavy atom. The van der Waals surface area contributed by atoms with Crippen LogP contribution in [0.5, 0.6) is 17.2 Å². The fourth-order valence-corrected chi connectivity index (χ4v) is 5.46. The average Bonchev–Trinajstić information content (AvgIpc) is 3.72. The minimum absolute atomic E-state index is 0.0935. The van der Waals surface area contributed by atoms with Gasteiger partial charge in [0.25, 0.3) is 5.91 Å². The number of carbonyl (C=O) groups is 1. The number of aliphatic hydroxyl groups is 1. The van der Waals surface area contributed by atoms with Gasteiger partial charge in [-0.05, 0) is 60.1 Å². The van der Waals surface area contributed by atoms with Crippen molar-refractivity contribution in [3.8, 4) is 17.2 Å². The number of rotatable bonds is 11. The van der Waals surface area contributed by atoms with Crippen LogP contribution < -0.4 is 14.2 Å². The molecule has 0 radical (unpaired) electrons. The second-order valence-corrected chi connectivity index (χ2v) is 11.1. The van der Waals surface area contributed by atoms with Gasteiger partial charge >= 0.3 is 0 Å². The summed E-state index contributed by atoms with van der Waals surface area (Å²) in [5.74, 6) is 2.94. The molecule has 3 heterocycles. The van der Waals surface area contributed by atoms with Crippen LogP contribution in [-0.2, 0) is 6.61 Å². The first-order chi connectivity index (χ1) is 19.6. The first kappa shape index (κ1) is 26.6. The molecule has 2 aliphatic heterocycles. The highest BCUT2D eigenvalue weighted by atomic mass is 16.5. The van der Waals surface area contributed by atoms with Crippen LogP contribution in [0.1, 0.15) is 58.3 Å². The summed E-state index contributed by atoms with van der Waals surface area (Å²) >= 11 is 0. The summed E-state index contributed by atoms with van der Waals surface area (Å²) in [6, 6.07) is 18.2. The number of ether oxygens (including phenoxy) is 3. The molecule has 1 amide bonds. The van der Waals surface area contributed by atoms with Crippen molar-refractivity contribution in [2.75, 3.05) is 46.4 Å². The molecular weight excluding hydrogens is 506 g/mol. The topological polar surface area (TPSA) is 84.4 Å². The lowest BCUT2D eigenvalue weighted by Gasteiger charge is -2.39. The molecule has 210 valence electrons. The number of pyridine rings is 1. The zero-order chi connectivity index (χ0) is 27.5. The van der Waals surface area contributed by atoms with E-state index in [1.165, 1.54) is 18.4 Å². The Bertz CT molecular complexity index is 1320. The van der Waals surface area contributed by atoms with Crippen molar-refractivity contribution < 1.29 is 24.1 Å². The van der Waals surface area contributed by atoms with Gasteiger partial charge in [-0.1, -0.05) is 30.3 Å². The first-order valence-corrected chi connectivity index (χ1v) is 14.2. The molecule has 40 heavy (non-hydrogen) atoms. The number of methoxy groups -OCH3 is 1. The van der Waals surface area contributed by atoms with E-state index in [1.54, 1.807) is 25.4 Å². The van der Waals surface area contributed by atoms with E-state index in [0.717, 1.165) is 36.6 Å². The average molecular weight is 544 g/mol. The van der Waals surface area contributed by atoms with Gasteiger partial charge in [0.15, 0.2) is 11.5 Å². The van der Waals surface area contributed by atoms with E-state index >= 15 is 0 Å². The first-order valence-electron chi connectivity index (χ1n) is 14.2. The number of aromatic nitrogens is 1. The molecule has 3 aliphatic rings. The molecule has 1 aliphatic carbocycles. The minimum atomic E-state index is -0.238. The predicted molar refractivity (Wildman–Crippen MR) is 151 cm³/mol. The minimum Gasteiger partial charge on any atom is -0.493 e. The van der Waals surface area contributed by atoms with Crippen LogP contribution in [0.15, 0.2) is 60.8 Å². The summed E-state index contributed by atoms with van der Waals surface area (Å²) in [7, 11) is 1.65. The van der Waals surface area contributed by atoms with Gasteiger partial charge in [0.1, 0.15) is 24.7 Å². The van der Waals surface area contributed by atoms with Crippen LogP contribution in [0.3, 0.4) is 0 Å². The standard InChI is InChI=1S/C32H37N3O5/c1-38-31-16-25(8-9-30(31)40-21-22-2-4-23(5-3-22)24-6-7-24)26-18-35(19-26)32(37)29-17-28(10-12-33-29)39-15-14-34-13-11-27(36)20-34/h2-5,8-10,12,16-17,24,26-27,36H,6-7,11,13-15,18-21H2,1H3/t27-/m0/s1. The van der Waals surface area contributed by atoms with Gasteiger partial charge in [-0.25, -0.2) is 0 Å². The summed E-state index contributed by atoms with van der Waals surface area (Å²) < 4.78 is 17.6. The predicted octanol–water partition coefficient (Wildman–Crippen LogP) is 4.23. The fraction of sp³-hybridized carbons (Fsp3) is 0.438. The van der Waals surface area contributed by atoms with Crippen LogP contribution in [0, 0.1) is 0 Å². The lowest BCUT2D eigenvalue weighted by molar-refractivity contribution is 0.0595. The van der Waals surface area contributed by atoms with Gasteiger partial charge in [0, 0.05) is 50.9 Å². The Balaban J connectivity index is 0.996. The van der Waals surface area contributed by atoms with E-state index < -0.39 is 0 Å². The fourth-order valence-electron chi connectivity index (χ4n) is 5.46. The molecule has 0 unspecified atom stereocenters. The Morgan fingerprint density at radius 1 is 0.925 bits per heavy atom. The maximum atomic E-state index is 13.1. The number of hydrogen-bond acceptors (Lipinski definition) is 7. The molecule has 1 N–H and O–H groups in total. The van der Waals surface area contributed by atoms with Crippen molar-refractivity contribution in [1.29, 1.82) is 0 Å². The number of hydrogen-bond donors (Lipinski definition) is 1. The summed E-state index contributed by atoms with van der Waals surface area (Å²) in [4.78, 5) is 21.3. The molecule has 3 aromatic rings. The second kappa shape index (κ2) is 11.9. The van der Waals surface area contributed by atoms with Gasteiger partial charge in [-0.2, -0.15) is 0 Å². The van der Waals surface area contributed by atoms with Crippen LogP contribution >= 0.6 is 0 Å². The quantitative estimate of drug-likeness (QED) is 0.388. The van der Waals surface area contributed by atoms with Gasteiger partial charge in [0.05, 0.1) is 13.2 Å². The Kier molecular flexibility index (Phi) is 7.89. The monoisotopic (exact) mass is 543 g/mol. The molecule has 8 nitrogen and oxygen atoms in total. The van der Waals surface area contributed by atoms with Crippen molar-refractivity contribution in [1.82, 2.24) is 14.8 Å². The lowest BCUT2D eigenvalue weighted by atomic mass is 9.91. The zero-order valence-electron chi connectivity index (χ0n) is 23.0. The largest absolute Gasteiger partial charge is 0.493 e. The van der Waals surface area contributed by atoms with Crippen LogP contribution in [0.4, 0.5) is 0 Å². The Hall–Kier alpha value is -3.62. The van der Waals surface area contributed by atoms with Crippen molar-refractivity contribution in [3.63, 3.8) is 0 Å². The van der Waals surface area contributed by atoms with Crippen molar-refractivity contribution in [3.05, 3.63) is 83.2 Å². The highest BCUT2D eigenvalue weighted by Crippen LogP contribution is 2.40. The zero-order valence-corrected chi connectivity index (χ0v) is 23.0. The van der Waals surface area contributed by atoms with Crippen LogP contribution in [0.2, 0.25) is 0 Å². The summed E-state index contributed by atoms with van der Waals surface area (Å²) in [6.45, 7) is 4.57. The summed E-state index contributed by atoms with van der Waals surface area (Å²) in [5, 5.41) is 9.66. The van der Waals surface area contributed by atoms with E-state index in [-0.39, 0.29) is 17.9 Å². The van der Waals surface area contributed by atoms with Gasteiger partial charge in [-0.15, -0.1) is 0 Å². The maximum absolute atomic E-state index is 13.1. The van der Waals surface area contributed by atoms with Crippen molar-refractivity contribution in [2.24, 2.45) is 0 Å². The van der Waals surface area contributed by atoms with E-state index in [9.17, 15) is 9.90 Å². The molecular formula is C32H37N3O5. The Morgan fingerprint density at radius 3 is 2.45 bits per heavy atom. The number of likely N-dealkylation sites (tertiary alicyclic amines) is 2. The third-order valence-corrected chi connectivity index (χ3v) is 8.12. The van der Waals surface area contributed by atoms with E-state index in [0.29, 0.717) is 55.8 Å². The number of carbonyl (C=O) groups excluding carboxylic acids is 1. The summed E-state index contributed by atoms with van der Waals surface area (Å²) in [5.41, 5.74) is 4.07. The second-order valence-electron chi connectivity index (χ2n) is 11.1. The smallest absolute Gasteiger partial charge is 0.272 e. The number of aliphatic hydroxyl groups excluding tert-OH is 1. The molecule has 3 fully saturated rings. The van der Waals surface area contributed by atoms with Crippen molar-refractivity contribution >= 4 is 5.91 Å². The number of β-amino-alcohol motifs (C(OH)–C–C–N with tert-alkyl or cyclic N) is 1. The normalized spacial score (nSPS) is 19.4. The van der Waals surface area contributed by atoms with Gasteiger partial charge in [0.2, 0.25) is 0 Å². The highest BCUT2D eigenvalue weighted by Gasteiger charge is 2.33. The van der Waals surface area contributed by atoms with E-state index in [1.807, 2.05) is 17.0 Å². The maximum Gasteiger partial charge on any atom is 0.272 e. The molecule has 6 rings (SSSR count). The molecule has 1 aromatic heterocycles. The van der Waals surface area contributed by atoms with Gasteiger partial charge < -0.3 is 24.2 Å². The number of amides is 1. The van der Waals surface area contributed by atoms with Crippen LogP contribution in [-0.4, -0.2) is 78.3 Å². The molecule has 0 spiro atoms. The Labute approximate surface area is 235 Å². The SMILES string of the molecule is COc1cc(C2CN(C(=O)c3cc(OCCN4CC[C@H](O)C4)ccn3)C2)ccc1OCc1ccc(C2CC2)cc1. The molecule has 8 heteroatoms. The third kappa shape index (κ3) is 6.24. The van der Waals surface area contributed by atoms with Crippen LogP contribution in [0.25, 0.3) is 0 Å². The number of benzene rings is 2. The summed E-state index contributed by atoms with van der Waals surface area (Å²) in [6.07, 6.45) is 4.79. The van der Waals surface area contributed by atoms with Gasteiger partial charge in [-0.3, -0.25) is 14.7 Å². The third-order valence-electron chi connectivity index (χ3n) is 8.12. The molecule has 1 atom stereocenters.